The molecule has 0 bridgehead atoms. The maximum absolute atomic E-state index is 12.4. The smallest absolute Gasteiger partial charge is 0.282 e. The van der Waals surface area contributed by atoms with Crippen molar-refractivity contribution in [1.82, 2.24) is 10.2 Å². The van der Waals surface area contributed by atoms with Crippen molar-refractivity contribution in [1.29, 1.82) is 0 Å². The molecule has 1 aliphatic rings. The third kappa shape index (κ3) is 5.51. The Morgan fingerprint density at radius 3 is 2.47 bits per heavy atom. The summed E-state index contributed by atoms with van der Waals surface area (Å²) in [5.41, 5.74) is 1.01. The van der Waals surface area contributed by atoms with Crippen LogP contribution < -0.4 is 15.5 Å². The molecule has 0 aromatic heterocycles. The van der Waals surface area contributed by atoms with Gasteiger partial charge in [0.2, 0.25) is 5.91 Å². The quantitative estimate of drug-likeness (QED) is 0.387. The average molecular weight is 476 g/mol. The fourth-order valence-corrected chi connectivity index (χ4v) is 3.93. The van der Waals surface area contributed by atoms with Crippen LogP contribution in [0.2, 0.25) is 5.02 Å². The number of nitrogens with one attached hydrogen (secondary N) is 2. The van der Waals surface area contributed by atoms with Crippen LogP contribution in [0.25, 0.3) is 0 Å². The Hall–Kier alpha value is -3.24. The van der Waals surface area contributed by atoms with Crippen LogP contribution >= 0.6 is 23.8 Å². The molecule has 0 aliphatic carbocycles. The number of nitrogens with zero attached hydrogens (tertiary/aromatic N) is 3. The highest BCUT2D eigenvalue weighted by atomic mass is 35.5. The van der Waals surface area contributed by atoms with Crippen LogP contribution in [-0.4, -0.2) is 52.9 Å². The van der Waals surface area contributed by atoms with Crippen LogP contribution in [0.5, 0.6) is 0 Å². The van der Waals surface area contributed by atoms with Gasteiger partial charge in [0.05, 0.1) is 15.6 Å². The molecule has 168 valence electrons. The minimum Gasteiger partial charge on any atom is -0.367 e. The second-order valence-corrected chi connectivity index (χ2v) is 7.89. The van der Waals surface area contributed by atoms with E-state index in [0.717, 1.165) is 5.69 Å². The van der Waals surface area contributed by atoms with Crippen LogP contribution in [0.4, 0.5) is 17.1 Å². The number of benzene rings is 2. The molecule has 11 heteroatoms. The number of hydrogen-bond acceptors (Lipinski definition) is 6. The second kappa shape index (κ2) is 10.4. The summed E-state index contributed by atoms with van der Waals surface area (Å²) in [6, 6.07) is 10.9. The van der Waals surface area contributed by atoms with Crippen LogP contribution in [-0.2, 0) is 4.79 Å². The highest BCUT2D eigenvalue weighted by Crippen LogP contribution is 2.30. The lowest BCUT2D eigenvalue weighted by molar-refractivity contribution is -0.385. The molecule has 2 aromatic carbocycles. The monoisotopic (exact) mass is 475 g/mol. The third-order valence-electron chi connectivity index (χ3n) is 5.05. The molecular formula is C21H22ClN5O4S. The molecule has 9 nitrogen and oxygen atoms in total. The van der Waals surface area contributed by atoms with Crippen molar-refractivity contribution in [3.05, 3.63) is 63.2 Å². The zero-order valence-electron chi connectivity index (χ0n) is 17.3. The van der Waals surface area contributed by atoms with E-state index in [9.17, 15) is 19.7 Å². The molecular weight excluding hydrogens is 454 g/mol. The van der Waals surface area contributed by atoms with Gasteiger partial charge in [0.1, 0.15) is 5.56 Å². The van der Waals surface area contributed by atoms with Gasteiger partial charge >= 0.3 is 0 Å². The number of nitro benzene ring substituents is 1. The summed E-state index contributed by atoms with van der Waals surface area (Å²) in [5.74, 6) is -0.538. The number of hydrogen-bond donors (Lipinski definition) is 2. The van der Waals surface area contributed by atoms with Crippen LogP contribution in [0, 0.1) is 10.1 Å². The van der Waals surface area contributed by atoms with E-state index in [4.69, 9.17) is 23.8 Å². The predicted octanol–water partition coefficient (Wildman–Crippen LogP) is 3.43. The van der Waals surface area contributed by atoms with Crippen molar-refractivity contribution >= 4 is 57.8 Å². The Bertz CT molecular complexity index is 1060. The molecule has 3 rings (SSSR count). The second-order valence-electron chi connectivity index (χ2n) is 7.07. The largest absolute Gasteiger partial charge is 0.367 e. The molecule has 32 heavy (non-hydrogen) atoms. The summed E-state index contributed by atoms with van der Waals surface area (Å²) in [4.78, 5) is 38.7. The van der Waals surface area contributed by atoms with E-state index in [-0.39, 0.29) is 22.3 Å². The van der Waals surface area contributed by atoms with Gasteiger partial charge in [0.25, 0.3) is 11.6 Å². The molecule has 2 aromatic rings. The van der Waals surface area contributed by atoms with Crippen LogP contribution in [0.1, 0.15) is 23.7 Å². The highest BCUT2D eigenvalue weighted by Gasteiger charge is 2.22. The molecule has 0 spiro atoms. The summed E-state index contributed by atoms with van der Waals surface area (Å²) in [6.07, 6.45) is 0.495. The number of para-hydroxylation sites is 1. The summed E-state index contributed by atoms with van der Waals surface area (Å²) >= 11 is 11.6. The first-order valence-electron chi connectivity index (χ1n) is 9.98. The number of carbonyl (C=O) groups is 2. The number of nitro groups is 1. The average Bonchev–Trinajstić information content (AvgIpc) is 2.78. The fourth-order valence-electron chi connectivity index (χ4n) is 3.42. The first-order valence-corrected chi connectivity index (χ1v) is 10.8. The van der Waals surface area contributed by atoms with Crippen molar-refractivity contribution in [2.75, 3.05) is 36.4 Å². The minimum atomic E-state index is -0.683. The van der Waals surface area contributed by atoms with E-state index in [1.165, 1.54) is 24.3 Å². The van der Waals surface area contributed by atoms with E-state index >= 15 is 0 Å². The molecule has 1 heterocycles. The van der Waals surface area contributed by atoms with E-state index in [2.05, 4.69) is 15.5 Å². The summed E-state index contributed by atoms with van der Waals surface area (Å²) in [5, 5.41) is 16.9. The highest BCUT2D eigenvalue weighted by molar-refractivity contribution is 7.80. The zero-order chi connectivity index (χ0) is 23.3. The molecule has 1 fully saturated rings. The zero-order valence-corrected chi connectivity index (χ0v) is 18.9. The van der Waals surface area contributed by atoms with Crippen molar-refractivity contribution in [2.24, 2.45) is 0 Å². The lowest BCUT2D eigenvalue weighted by atomic mass is 10.1. The molecule has 0 unspecified atom stereocenters. The molecule has 2 N–H and O–H groups in total. The van der Waals surface area contributed by atoms with E-state index in [1.807, 2.05) is 17.9 Å². The number of piperazine rings is 1. The van der Waals surface area contributed by atoms with Gasteiger partial charge in [0, 0.05) is 44.4 Å². The maximum Gasteiger partial charge on any atom is 0.282 e. The normalized spacial score (nSPS) is 13.4. The number of carbonyl (C=O) groups excluding carboxylic acids is 2. The topological polar surface area (TPSA) is 108 Å². The van der Waals surface area contributed by atoms with Gasteiger partial charge in [-0.3, -0.25) is 25.0 Å². The van der Waals surface area contributed by atoms with Crippen LogP contribution in [0.3, 0.4) is 0 Å². The van der Waals surface area contributed by atoms with Crippen molar-refractivity contribution in [2.45, 2.75) is 13.3 Å². The van der Waals surface area contributed by atoms with E-state index in [0.29, 0.717) is 43.3 Å². The lowest BCUT2D eigenvalue weighted by Crippen LogP contribution is -2.48. The summed E-state index contributed by atoms with van der Waals surface area (Å²) in [6.45, 7) is 4.51. The third-order valence-corrected chi connectivity index (χ3v) is 5.56. The Labute approximate surface area is 195 Å². The lowest BCUT2D eigenvalue weighted by Gasteiger charge is -2.36. The molecule has 0 saturated carbocycles. The summed E-state index contributed by atoms with van der Waals surface area (Å²) in [7, 11) is 0. The van der Waals surface area contributed by atoms with Gasteiger partial charge in [-0.15, -0.1) is 0 Å². The molecule has 0 radical (unpaired) electrons. The van der Waals surface area contributed by atoms with E-state index in [1.54, 1.807) is 12.1 Å². The van der Waals surface area contributed by atoms with Crippen molar-refractivity contribution in [3.63, 3.8) is 0 Å². The van der Waals surface area contributed by atoms with Gasteiger partial charge in [-0.05, 0) is 36.5 Å². The number of halogens is 1. The van der Waals surface area contributed by atoms with Crippen molar-refractivity contribution < 1.29 is 14.5 Å². The molecule has 2 amide bonds. The number of rotatable bonds is 5. The SMILES string of the molecule is CCC(=O)N1CCN(c2ccc(NC(=S)NC(=O)c3ccccc3[N+](=O)[O-])cc2Cl)CC1. The van der Waals surface area contributed by atoms with Gasteiger partial charge < -0.3 is 15.1 Å². The minimum absolute atomic E-state index is 0.0105. The number of anilines is 2. The number of thiocarbonyl (C=S) groups is 1. The first kappa shape index (κ1) is 23.4. The van der Waals surface area contributed by atoms with Crippen LogP contribution in [0.15, 0.2) is 42.5 Å². The Morgan fingerprint density at radius 1 is 1.16 bits per heavy atom. The Kier molecular flexibility index (Phi) is 7.60. The van der Waals surface area contributed by atoms with Gasteiger partial charge in [-0.1, -0.05) is 30.7 Å². The molecule has 1 aliphatic heterocycles. The molecule has 1 saturated heterocycles. The Balaban J connectivity index is 1.61. The first-order chi connectivity index (χ1) is 15.3. The van der Waals surface area contributed by atoms with E-state index < -0.39 is 10.8 Å². The van der Waals surface area contributed by atoms with Crippen molar-refractivity contribution in [3.8, 4) is 0 Å². The maximum atomic E-state index is 12.4. The Morgan fingerprint density at radius 2 is 1.84 bits per heavy atom. The predicted molar refractivity (Wildman–Crippen MR) is 127 cm³/mol. The van der Waals surface area contributed by atoms with Gasteiger partial charge in [-0.25, -0.2) is 0 Å². The standard InChI is InChI=1S/C21H22ClN5O4S/c1-2-19(28)26-11-9-25(10-12-26)18-8-7-14(13-16(18)22)23-21(32)24-20(29)15-5-3-4-6-17(15)27(30)31/h3-8,13H,2,9-12H2,1H3,(H2,23,24,29,32). The van der Waals surface area contributed by atoms with Gasteiger partial charge in [-0.2, -0.15) is 0 Å². The fraction of sp³-hybridized carbons (Fsp3) is 0.286. The molecule has 0 atom stereocenters. The number of amides is 2. The van der Waals surface area contributed by atoms with Gasteiger partial charge in [0.15, 0.2) is 5.11 Å². The summed E-state index contributed by atoms with van der Waals surface area (Å²) < 4.78 is 0.